The number of hydrogen-bond acceptors (Lipinski definition) is 2. The van der Waals surface area contributed by atoms with Crippen LogP contribution in [-0.4, -0.2) is 16.8 Å². The van der Waals surface area contributed by atoms with Crippen LogP contribution in [0, 0.1) is 11.3 Å². The Kier molecular flexibility index (Phi) is 5.03. The number of allylic oxidation sites excluding steroid dienone is 4. The Morgan fingerprint density at radius 1 is 1.32 bits per heavy atom. The lowest BCUT2D eigenvalue weighted by Gasteiger charge is -2.38. The van der Waals surface area contributed by atoms with Crippen LogP contribution in [0.1, 0.15) is 48.0 Å². The van der Waals surface area contributed by atoms with E-state index in [2.05, 4.69) is 26.8 Å². The largest absolute Gasteiger partial charge is 0.496 e. The first-order valence-electron chi connectivity index (χ1n) is 6.99. The average molecular weight is 264 g/mol. The molecule has 0 saturated carbocycles. The zero-order valence-corrected chi connectivity index (χ0v) is 13.1. The molecule has 0 bridgehead atoms. The van der Waals surface area contributed by atoms with Crippen molar-refractivity contribution in [3.8, 4) is 0 Å². The van der Waals surface area contributed by atoms with Gasteiger partial charge >= 0.3 is 0 Å². The molecule has 2 atom stereocenters. The van der Waals surface area contributed by atoms with Gasteiger partial charge in [-0.3, -0.25) is 0 Å². The van der Waals surface area contributed by atoms with Gasteiger partial charge in [0.1, 0.15) is 0 Å². The van der Waals surface area contributed by atoms with Crippen LogP contribution in [0.2, 0.25) is 0 Å². The number of ether oxygens (including phenoxy) is 1. The van der Waals surface area contributed by atoms with E-state index in [-0.39, 0.29) is 17.1 Å². The highest BCUT2D eigenvalue weighted by molar-refractivity contribution is 5.22. The molecule has 1 aliphatic carbocycles. The number of aliphatic hydroxyl groups is 1. The molecule has 0 amide bonds. The van der Waals surface area contributed by atoms with Crippen molar-refractivity contribution in [2.24, 2.45) is 11.3 Å². The third-order valence-corrected chi connectivity index (χ3v) is 3.44. The molecule has 19 heavy (non-hydrogen) atoms. The van der Waals surface area contributed by atoms with Gasteiger partial charge in [-0.05, 0) is 45.6 Å². The fourth-order valence-electron chi connectivity index (χ4n) is 2.62. The number of hydrogen-bond donors (Lipinski definition) is 1. The molecule has 0 aliphatic heterocycles. The van der Waals surface area contributed by atoms with Crippen molar-refractivity contribution < 1.29 is 9.84 Å². The summed E-state index contributed by atoms with van der Waals surface area (Å²) in [5.41, 5.74) is 1.19. The topological polar surface area (TPSA) is 29.5 Å². The van der Waals surface area contributed by atoms with Crippen LogP contribution in [0.5, 0.6) is 0 Å². The Morgan fingerprint density at radius 3 is 2.47 bits per heavy atom. The lowest BCUT2D eigenvalue weighted by molar-refractivity contribution is 0.0767. The maximum atomic E-state index is 9.80. The highest BCUT2D eigenvalue weighted by atomic mass is 16.5. The lowest BCUT2D eigenvalue weighted by Crippen LogP contribution is -2.32. The summed E-state index contributed by atoms with van der Waals surface area (Å²) in [6, 6.07) is 0. The van der Waals surface area contributed by atoms with E-state index < -0.39 is 0 Å². The van der Waals surface area contributed by atoms with Gasteiger partial charge in [0, 0.05) is 5.92 Å². The molecule has 2 nitrogen and oxygen atoms in total. The second-order valence-electron chi connectivity index (χ2n) is 7.09. The predicted octanol–water partition coefficient (Wildman–Crippen LogP) is 4.22. The first kappa shape index (κ1) is 16.0. The van der Waals surface area contributed by atoms with Crippen molar-refractivity contribution in [1.29, 1.82) is 0 Å². The Balaban J connectivity index is 2.67. The molecule has 0 fully saturated rings. The molecule has 0 aromatic rings. The molecule has 0 radical (unpaired) electrons. The first-order valence-corrected chi connectivity index (χ1v) is 6.99. The van der Waals surface area contributed by atoms with Crippen molar-refractivity contribution in [3.63, 3.8) is 0 Å². The number of rotatable bonds is 3. The van der Waals surface area contributed by atoms with Gasteiger partial charge in [-0.1, -0.05) is 37.6 Å². The molecule has 0 heterocycles. The van der Waals surface area contributed by atoms with E-state index in [0.29, 0.717) is 5.92 Å². The van der Waals surface area contributed by atoms with Gasteiger partial charge in [-0.2, -0.15) is 0 Å². The summed E-state index contributed by atoms with van der Waals surface area (Å²) >= 11 is 0. The van der Waals surface area contributed by atoms with E-state index >= 15 is 0 Å². The standard InChI is InChI=1S/C17H28O2/c1-13-11-14(18)12-17(5,6)15(13)9-7-8-10-19-16(2,3)4/h7-11,14-15,18H,12H2,1-6H3. The van der Waals surface area contributed by atoms with Gasteiger partial charge in [-0.15, -0.1) is 0 Å². The second kappa shape index (κ2) is 5.96. The van der Waals surface area contributed by atoms with Crippen molar-refractivity contribution in [2.45, 2.75) is 59.7 Å². The average Bonchev–Trinajstić information content (AvgIpc) is 2.17. The molecule has 0 saturated heterocycles. The van der Waals surface area contributed by atoms with Gasteiger partial charge in [0.15, 0.2) is 0 Å². The summed E-state index contributed by atoms with van der Waals surface area (Å²) in [5, 5.41) is 9.80. The van der Waals surface area contributed by atoms with E-state index in [9.17, 15) is 5.11 Å². The molecule has 2 unspecified atom stereocenters. The van der Waals surface area contributed by atoms with Crippen LogP contribution in [-0.2, 0) is 4.74 Å². The Bertz CT molecular complexity index is 381. The van der Waals surface area contributed by atoms with E-state index in [1.54, 1.807) is 6.26 Å². The summed E-state index contributed by atoms with van der Waals surface area (Å²) in [6.07, 6.45) is 10.4. The summed E-state index contributed by atoms with van der Waals surface area (Å²) in [6.45, 7) is 12.6. The van der Waals surface area contributed by atoms with Crippen molar-refractivity contribution in [2.75, 3.05) is 0 Å². The van der Waals surface area contributed by atoms with Gasteiger partial charge in [0.05, 0.1) is 18.0 Å². The molecule has 0 aromatic heterocycles. The summed E-state index contributed by atoms with van der Waals surface area (Å²) < 4.78 is 5.53. The van der Waals surface area contributed by atoms with Crippen LogP contribution in [0.25, 0.3) is 0 Å². The fraction of sp³-hybridized carbons (Fsp3) is 0.647. The van der Waals surface area contributed by atoms with Crippen molar-refractivity contribution in [1.82, 2.24) is 0 Å². The van der Waals surface area contributed by atoms with E-state index in [0.717, 1.165) is 6.42 Å². The Labute approximate surface area is 117 Å². The van der Waals surface area contributed by atoms with E-state index in [1.807, 2.05) is 39.0 Å². The Hall–Kier alpha value is -1.02. The first-order chi connectivity index (χ1) is 8.62. The fourth-order valence-corrected chi connectivity index (χ4v) is 2.62. The normalized spacial score (nSPS) is 27.8. The van der Waals surface area contributed by atoms with Crippen LogP contribution in [0.15, 0.2) is 36.1 Å². The predicted molar refractivity (Wildman–Crippen MR) is 80.8 cm³/mol. The maximum absolute atomic E-state index is 9.80. The van der Waals surface area contributed by atoms with Gasteiger partial charge in [0.25, 0.3) is 0 Å². The maximum Gasteiger partial charge on any atom is 0.0998 e. The minimum Gasteiger partial charge on any atom is -0.496 e. The van der Waals surface area contributed by atoms with E-state index in [4.69, 9.17) is 4.74 Å². The lowest BCUT2D eigenvalue weighted by atomic mass is 9.68. The Morgan fingerprint density at radius 2 is 1.95 bits per heavy atom. The van der Waals surface area contributed by atoms with Crippen LogP contribution in [0.4, 0.5) is 0 Å². The molecule has 0 spiro atoms. The molecular weight excluding hydrogens is 236 g/mol. The van der Waals surface area contributed by atoms with Gasteiger partial charge in [0.2, 0.25) is 0 Å². The summed E-state index contributed by atoms with van der Waals surface area (Å²) in [4.78, 5) is 0. The van der Waals surface area contributed by atoms with Crippen LogP contribution >= 0.6 is 0 Å². The third-order valence-electron chi connectivity index (χ3n) is 3.44. The minimum absolute atomic E-state index is 0.0907. The SMILES string of the molecule is CC1=CC(O)CC(C)(C)C1C=CC=COC(C)(C)C. The highest BCUT2D eigenvalue weighted by Gasteiger charge is 2.34. The second-order valence-corrected chi connectivity index (χ2v) is 7.09. The smallest absolute Gasteiger partial charge is 0.0998 e. The minimum atomic E-state index is -0.306. The van der Waals surface area contributed by atoms with Crippen molar-refractivity contribution >= 4 is 0 Å². The number of aliphatic hydroxyl groups excluding tert-OH is 1. The molecule has 1 rings (SSSR count). The molecule has 0 aromatic carbocycles. The third kappa shape index (κ3) is 5.23. The van der Waals surface area contributed by atoms with E-state index in [1.165, 1.54) is 5.57 Å². The highest BCUT2D eigenvalue weighted by Crippen LogP contribution is 2.41. The van der Waals surface area contributed by atoms with Crippen LogP contribution in [0.3, 0.4) is 0 Å². The summed E-state index contributed by atoms with van der Waals surface area (Å²) in [7, 11) is 0. The van der Waals surface area contributed by atoms with Gasteiger partial charge < -0.3 is 9.84 Å². The zero-order valence-electron chi connectivity index (χ0n) is 13.1. The summed E-state index contributed by atoms with van der Waals surface area (Å²) in [5.74, 6) is 0.371. The molecular formula is C17H28O2. The molecule has 1 aliphatic rings. The molecule has 2 heteroatoms. The van der Waals surface area contributed by atoms with Gasteiger partial charge in [-0.25, -0.2) is 0 Å². The molecule has 1 N–H and O–H groups in total. The van der Waals surface area contributed by atoms with Crippen LogP contribution < -0.4 is 0 Å². The monoisotopic (exact) mass is 264 g/mol. The zero-order chi connectivity index (χ0) is 14.7. The van der Waals surface area contributed by atoms with Crippen molar-refractivity contribution in [3.05, 3.63) is 36.1 Å². The quantitative estimate of drug-likeness (QED) is 0.470. The molecule has 108 valence electrons.